The van der Waals surface area contributed by atoms with Crippen LogP contribution in [0.25, 0.3) is 0 Å². The number of alkyl halides is 2. The number of hydrogen-bond donors (Lipinski definition) is 0. The van der Waals surface area contributed by atoms with E-state index < -0.39 is 29.8 Å². The molecule has 0 bridgehead atoms. The molecule has 0 aliphatic rings. The summed E-state index contributed by atoms with van der Waals surface area (Å²) in [5.74, 6) is -7.42. The van der Waals surface area contributed by atoms with Crippen LogP contribution in [0.1, 0.15) is 31.9 Å². The summed E-state index contributed by atoms with van der Waals surface area (Å²) < 4.78 is 50.0. The number of rotatable bonds is 6. The molecule has 0 aromatic heterocycles. The van der Waals surface area contributed by atoms with Gasteiger partial charge in [-0.3, -0.25) is 4.79 Å². The minimum atomic E-state index is -4.07. The zero-order valence-corrected chi connectivity index (χ0v) is 11.6. The normalized spacial score (nSPS) is 12.6. The third kappa shape index (κ3) is 4.21. The monoisotopic (exact) mass is 304 g/mol. The molecule has 0 aliphatic carbocycles. The van der Waals surface area contributed by atoms with Gasteiger partial charge in [0.1, 0.15) is 5.82 Å². The fourth-order valence-corrected chi connectivity index (χ4v) is 1.54. The Morgan fingerprint density at radius 2 is 1.76 bits per heavy atom. The Labute approximate surface area is 119 Å². The molecule has 0 unspecified atom stereocenters. The van der Waals surface area contributed by atoms with Gasteiger partial charge < -0.3 is 9.47 Å². The molecule has 1 aromatic rings. The Morgan fingerprint density at radius 1 is 1.19 bits per heavy atom. The van der Waals surface area contributed by atoms with Gasteiger partial charge in [-0.05, 0) is 24.6 Å². The highest BCUT2D eigenvalue weighted by Gasteiger charge is 2.52. The van der Waals surface area contributed by atoms with E-state index in [-0.39, 0.29) is 18.6 Å². The van der Waals surface area contributed by atoms with Crippen LogP contribution in [0.15, 0.2) is 24.3 Å². The number of carbonyl (C=O) groups is 2. The zero-order chi connectivity index (χ0) is 16.0. The molecule has 0 N–H and O–H groups in total. The van der Waals surface area contributed by atoms with Gasteiger partial charge in [0.2, 0.25) is 6.10 Å². The second-order valence-corrected chi connectivity index (χ2v) is 4.12. The topological polar surface area (TPSA) is 52.6 Å². The predicted molar refractivity (Wildman–Crippen MR) is 67.1 cm³/mol. The summed E-state index contributed by atoms with van der Waals surface area (Å²) in [5, 5.41) is 0. The highest BCUT2D eigenvalue weighted by atomic mass is 19.3. The standard InChI is InChI=1S/C14H15F3O4/c1-3-11(18)21-12(9-5-7-10(15)8-6-9)14(16,17)13(19)20-4-2/h5-8,12H,3-4H2,1-2H3/t12-/m0/s1. The number of hydrogen-bond acceptors (Lipinski definition) is 4. The molecular weight excluding hydrogens is 289 g/mol. The van der Waals surface area contributed by atoms with Crippen molar-refractivity contribution in [1.82, 2.24) is 0 Å². The summed E-state index contributed by atoms with van der Waals surface area (Å²) in [6.07, 6.45) is -2.30. The van der Waals surface area contributed by atoms with Crippen LogP contribution < -0.4 is 0 Å². The smallest absolute Gasteiger partial charge is 0.382 e. The van der Waals surface area contributed by atoms with Crippen LogP contribution in [0, 0.1) is 5.82 Å². The Balaban J connectivity index is 3.15. The minimum absolute atomic E-state index is 0.142. The van der Waals surface area contributed by atoms with E-state index >= 15 is 0 Å². The first-order valence-corrected chi connectivity index (χ1v) is 6.32. The molecule has 4 nitrogen and oxygen atoms in total. The molecule has 0 saturated carbocycles. The van der Waals surface area contributed by atoms with Gasteiger partial charge in [-0.25, -0.2) is 9.18 Å². The summed E-state index contributed by atoms with van der Waals surface area (Å²) in [4.78, 5) is 22.7. The maximum Gasteiger partial charge on any atom is 0.382 e. The molecule has 0 spiro atoms. The average Bonchev–Trinajstić information content (AvgIpc) is 2.45. The fraction of sp³-hybridized carbons (Fsp3) is 0.429. The summed E-state index contributed by atoms with van der Waals surface area (Å²) in [5.41, 5.74) is -0.198. The lowest BCUT2D eigenvalue weighted by Crippen LogP contribution is -2.39. The van der Waals surface area contributed by atoms with Gasteiger partial charge in [0.05, 0.1) is 6.61 Å². The van der Waals surface area contributed by atoms with Crippen molar-refractivity contribution in [3.63, 3.8) is 0 Å². The highest BCUT2D eigenvalue weighted by Crippen LogP contribution is 2.36. The molecule has 0 saturated heterocycles. The van der Waals surface area contributed by atoms with E-state index in [9.17, 15) is 22.8 Å². The van der Waals surface area contributed by atoms with E-state index in [2.05, 4.69) is 9.47 Å². The summed E-state index contributed by atoms with van der Waals surface area (Å²) in [6.45, 7) is 2.55. The molecule has 21 heavy (non-hydrogen) atoms. The van der Waals surface area contributed by atoms with Crippen molar-refractivity contribution in [2.45, 2.75) is 32.3 Å². The Bertz CT molecular complexity index is 499. The van der Waals surface area contributed by atoms with Gasteiger partial charge in [0.15, 0.2) is 0 Å². The van der Waals surface area contributed by atoms with Crippen LogP contribution in [0.2, 0.25) is 0 Å². The van der Waals surface area contributed by atoms with Gasteiger partial charge in [-0.2, -0.15) is 8.78 Å². The molecule has 0 fully saturated rings. The maximum atomic E-state index is 14.1. The quantitative estimate of drug-likeness (QED) is 0.758. The second-order valence-electron chi connectivity index (χ2n) is 4.12. The van der Waals surface area contributed by atoms with Crippen molar-refractivity contribution in [2.75, 3.05) is 6.61 Å². The summed E-state index contributed by atoms with van der Waals surface area (Å²) >= 11 is 0. The SMILES string of the molecule is CCOC(=O)C(F)(F)[C@@H](OC(=O)CC)c1ccc(F)cc1. The lowest BCUT2D eigenvalue weighted by atomic mass is 10.0. The zero-order valence-electron chi connectivity index (χ0n) is 11.6. The molecule has 116 valence electrons. The van der Waals surface area contributed by atoms with Crippen LogP contribution in [0.4, 0.5) is 13.2 Å². The van der Waals surface area contributed by atoms with Crippen LogP contribution >= 0.6 is 0 Å². The Hall–Kier alpha value is -2.05. The van der Waals surface area contributed by atoms with Crippen molar-refractivity contribution in [2.24, 2.45) is 0 Å². The van der Waals surface area contributed by atoms with Crippen molar-refractivity contribution in [1.29, 1.82) is 0 Å². The van der Waals surface area contributed by atoms with Crippen molar-refractivity contribution in [3.05, 3.63) is 35.6 Å². The lowest BCUT2D eigenvalue weighted by Gasteiger charge is -2.25. The van der Waals surface area contributed by atoms with E-state index in [1.807, 2.05) is 0 Å². The average molecular weight is 304 g/mol. The molecule has 0 amide bonds. The first-order valence-electron chi connectivity index (χ1n) is 6.32. The first-order chi connectivity index (χ1) is 9.82. The molecule has 7 heteroatoms. The van der Waals surface area contributed by atoms with Crippen LogP contribution in [-0.4, -0.2) is 24.5 Å². The lowest BCUT2D eigenvalue weighted by molar-refractivity contribution is -0.199. The number of esters is 2. The molecule has 0 radical (unpaired) electrons. The van der Waals surface area contributed by atoms with Gasteiger partial charge >= 0.3 is 17.9 Å². The van der Waals surface area contributed by atoms with Crippen molar-refractivity contribution < 1.29 is 32.2 Å². The molecule has 0 heterocycles. The van der Waals surface area contributed by atoms with Crippen LogP contribution in [-0.2, 0) is 19.1 Å². The molecule has 1 atom stereocenters. The molecular formula is C14H15F3O4. The number of benzene rings is 1. The van der Waals surface area contributed by atoms with Crippen LogP contribution in [0.5, 0.6) is 0 Å². The van der Waals surface area contributed by atoms with E-state index in [0.29, 0.717) is 0 Å². The number of halogens is 3. The maximum absolute atomic E-state index is 14.1. The highest BCUT2D eigenvalue weighted by molar-refractivity contribution is 5.79. The Kier molecular flexibility index (Phi) is 5.75. The predicted octanol–water partition coefficient (Wildman–Crippen LogP) is 3.02. The van der Waals surface area contributed by atoms with Crippen molar-refractivity contribution in [3.8, 4) is 0 Å². The fourth-order valence-electron chi connectivity index (χ4n) is 1.54. The van der Waals surface area contributed by atoms with Crippen LogP contribution in [0.3, 0.4) is 0 Å². The minimum Gasteiger partial charge on any atom is -0.461 e. The van der Waals surface area contributed by atoms with E-state index in [0.717, 1.165) is 24.3 Å². The molecule has 0 aliphatic heterocycles. The molecule has 1 rings (SSSR count). The van der Waals surface area contributed by atoms with E-state index in [4.69, 9.17) is 0 Å². The largest absolute Gasteiger partial charge is 0.461 e. The van der Waals surface area contributed by atoms with Gasteiger partial charge in [-0.15, -0.1) is 0 Å². The third-order valence-corrected chi connectivity index (χ3v) is 2.59. The number of ether oxygens (including phenoxy) is 2. The number of carbonyl (C=O) groups excluding carboxylic acids is 2. The van der Waals surface area contributed by atoms with E-state index in [1.165, 1.54) is 13.8 Å². The molecule has 1 aromatic carbocycles. The van der Waals surface area contributed by atoms with Gasteiger partial charge in [-0.1, -0.05) is 19.1 Å². The van der Waals surface area contributed by atoms with Gasteiger partial charge in [0.25, 0.3) is 0 Å². The third-order valence-electron chi connectivity index (χ3n) is 2.59. The second kappa shape index (κ2) is 7.10. The first kappa shape index (κ1) is 17.0. The van der Waals surface area contributed by atoms with Crippen molar-refractivity contribution >= 4 is 11.9 Å². The van der Waals surface area contributed by atoms with Gasteiger partial charge in [0, 0.05) is 6.42 Å². The summed E-state index contributed by atoms with van der Waals surface area (Å²) in [7, 11) is 0. The summed E-state index contributed by atoms with van der Waals surface area (Å²) in [6, 6.07) is 3.92. The Morgan fingerprint density at radius 3 is 2.24 bits per heavy atom. The van der Waals surface area contributed by atoms with E-state index in [1.54, 1.807) is 0 Å².